The van der Waals surface area contributed by atoms with Crippen molar-refractivity contribution in [1.82, 2.24) is 10.2 Å². The van der Waals surface area contributed by atoms with Gasteiger partial charge in [0.1, 0.15) is 6.04 Å². The zero-order chi connectivity index (χ0) is 11.5. The second-order valence-electron chi connectivity index (χ2n) is 4.86. The number of carbonyl (C=O) groups excluding carboxylic acids is 2. The highest BCUT2D eigenvalue weighted by Crippen LogP contribution is 2.27. The van der Waals surface area contributed by atoms with E-state index in [1.165, 1.54) is 19.3 Å². The Bertz CT molecular complexity index is 287. The van der Waals surface area contributed by atoms with E-state index in [1.807, 2.05) is 11.8 Å². The van der Waals surface area contributed by atoms with Crippen LogP contribution < -0.4 is 5.32 Å². The van der Waals surface area contributed by atoms with Crippen molar-refractivity contribution in [2.45, 2.75) is 45.1 Å². The average molecular weight is 224 g/mol. The van der Waals surface area contributed by atoms with Crippen LogP contribution in [0.1, 0.15) is 39.0 Å². The Morgan fingerprint density at radius 3 is 2.69 bits per heavy atom. The Hall–Kier alpha value is -1.06. The Morgan fingerprint density at radius 1 is 1.38 bits per heavy atom. The summed E-state index contributed by atoms with van der Waals surface area (Å²) >= 11 is 0. The van der Waals surface area contributed by atoms with Crippen molar-refractivity contribution < 1.29 is 9.59 Å². The third kappa shape index (κ3) is 2.36. The standard InChI is InChI=1S/C12H20N2O2/c1-2-10-12(16)14(7-6-11(15)13-10)8-9-4-3-5-9/h9-10H,2-8H2,1H3,(H,13,15). The zero-order valence-electron chi connectivity index (χ0n) is 9.87. The van der Waals surface area contributed by atoms with Gasteiger partial charge in [-0.25, -0.2) is 0 Å². The second-order valence-corrected chi connectivity index (χ2v) is 4.86. The van der Waals surface area contributed by atoms with Gasteiger partial charge in [-0.2, -0.15) is 0 Å². The molecule has 0 aromatic carbocycles. The minimum absolute atomic E-state index is 0.0105. The molecule has 2 rings (SSSR count). The highest BCUT2D eigenvalue weighted by Gasteiger charge is 2.31. The van der Waals surface area contributed by atoms with Crippen molar-refractivity contribution in [3.8, 4) is 0 Å². The first-order chi connectivity index (χ1) is 7.70. The highest BCUT2D eigenvalue weighted by atomic mass is 16.2. The first kappa shape index (κ1) is 11.4. The van der Waals surface area contributed by atoms with Crippen LogP contribution in [0.15, 0.2) is 0 Å². The van der Waals surface area contributed by atoms with Gasteiger partial charge in [-0.05, 0) is 25.2 Å². The molecule has 4 nitrogen and oxygen atoms in total. The summed E-state index contributed by atoms with van der Waals surface area (Å²) in [4.78, 5) is 25.4. The molecule has 2 fully saturated rings. The summed E-state index contributed by atoms with van der Waals surface area (Å²) in [6.07, 6.45) is 4.91. The van der Waals surface area contributed by atoms with Crippen molar-refractivity contribution in [1.29, 1.82) is 0 Å². The molecule has 1 unspecified atom stereocenters. The minimum Gasteiger partial charge on any atom is -0.344 e. The lowest BCUT2D eigenvalue weighted by atomic mass is 9.85. The van der Waals surface area contributed by atoms with Crippen LogP contribution in [-0.2, 0) is 9.59 Å². The van der Waals surface area contributed by atoms with Gasteiger partial charge in [0.15, 0.2) is 0 Å². The molecule has 1 heterocycles. The van der Waals surface area contributed by atoms with E-state index in [-0.39, 0.29) is 17.9 Å². The van der Waals surface area contributed by atoms with Crippen molar-refractivity contribution in [2.75, 3.05) is 13.1 Å². The Morgan fingerprint density at radius 2 is 2.12 bits per heavy atom. The molecule has 16 heavy (non-hydrogen) atoms. The quantitative estimate of drug-likeness (QED) is 0.774. The number of hydrogen-bond acceptors (Lipinski definition) is 2. The minimum atomic E-state index is -0.296. The molecule has 1 N–H and O–H groups in total. The van der Waals surface area contributed by atoms with Gasteiger partial charge < -0.3 is 10.2 Å². The normalized spacial score (nSPS) is 27.3. The third-order valence-electron chi connectivity index (χ3n) is 3.67. The largest absolute Gasteiger partial charge is 0.344 e. The Balaban J connectivity index is 1.98. The summed E-state index contributed by atoms with van der Waals surface area (Å²) < 4.78 is 0. The second kappa shape index (κ2) is 4.85. The van der Waals surface area contributed by atoms with Crippen LogP contribution in [0.5, 0.6) is 0 Å². The maximum absolute atomic E-state index is 12.1. The zero-order valence-corrected chi connectivity index (χ0v) is 9.87. The summed E-state index contributed by atoms with van der Waals surface area (Å²) in [5.74, 6) is 0.797. The number of rotatable bonds is 3. The molecular weight excluding hydrogens is 204 g/mol. The topological polar surface area (TPSA) is 49.4 Å². The summed E-state index contributed by atoms with van der Waals surface area (Å²) in [6.45, 7) is 3.39. The summed E-state index contributed by atoms with van der Waals surface area (Å²) in [6, 6.07) is -0.296. The molecule has 1 saturated carbocycles. The smallest absolute Gasteiger partial charge is 0.245 e. The van der Waals surface area contributed by atoms with E-state index in [2.05, 4.69) is 5.32 Å². The van der Waals surface area contributed by atoms with Crippen LogP contribution in [0.3, 0.4) is 0 Å². The van der Waals surface area contributed by atoms with Gasteiger partial charge >= 0.3 is 0 Å². The fourth-order valence-electron chi connectivity index (χ4n) is 2.34. The lowest BCUT2D eigenvalue weighted by Crippen LogP contribution is -2.46. The van der Waals surface area contributed by atoms with Crippen molar-refractivity contribution in [2.24, 2.45) is 5.92 Å². The molecular formula is C12H20N2O2. The van der Waals surface area contributed by atoms with Gasteiger partial charge in [0.25, 0.3) is 0 Å². The molecule has 1 aliphatic carbocycles. The molecule has 0 radical (unpaired) electrons. The van der Waals surface area contributed by atoms with Crippen LogP contribution in [0, 0.1) is 5.92 Å². The van der Waals surface area contributed by atoms with E-state index < -0.39 is 0 Å². The van der Waals surface area contributed by atoms with Gasteiger partial charge in [0, 0.05) is 19.5 Å². The van der Waals surface area contributed by atoms with Crippen LogP contribution >= 0.6 is 0 Å². The molecule has 4 heteroatoms. The Kier molecular flexibility index (Phi) is 3.46. The van der Waals surface area contributed by atoms with Gasteiger partial charge in [-0.1, -0.05) is 13.3 Å². The maximum Gasteiger partial charge on any atom is 0.245 e. The number of carbonyl (C=O) groups is 2. The molecule has 1 atom stereocenters. The van der Waals surface area contributed by atoms with Crippen molar-refractivity contribution >= 4 is 11.8 Å². The fraction of sp³-hybridized carbons (Fsp3) is 0.833. The van der Waals surface area contributed by atoms with Gasteiger partial charge in [-0.15, -0.1) is 0 Å². The lowest BCUT2D eigenvalue weighted by molar-refractivity contribution is -0.134. The molecule has 0 aromatic heterocycles. The number of nitrogens with zero attached hydrogens (tertiary/aromatic N) is 1. The van der Waals surface area contributed by atoms with Crippen LogP contribution in [-0.4, -0.2) is 35.8 Å². The van der Waals surface area contributed by atoms with E-state index in [9.17, 15) is 9.59 Å². The highest BCUT2D eigenvalue weighted by molar-refractivity contribution is 5.89. The van der Waals surface area contributed by atoms with E-state index in [0.717, 1.165) is 6.54 Å². The average Bonchev–Trinajstić information content (AvgIpc) is 2.34. The predicted molar refractivity (Wildman–Crippen MR) is 60.8 cm³/mol. The predicted octanol–water partition coefficient (Wildman–Crippen LogP) is 0.914. The van der Waals surface area contributed by atoms with Crippen LogP contribution in [0.4, 0.5) is 0 Å². The molecule has 0 spiro atoms. The van der Waals surface area contributed by atoms with Crippen LogP contribution in [0.25, 0.3) is 0 Å². The van der Waals surface area contributed by atoms with E-state index in [1.54, 1.807) is 0 Å². The van der Waals surface area contributed by atoms with Gasteiger partial charge in [0.2, 0.25) is 11.8 Å². The SMILES string of the molecule is CCC1NC(=O)CCN(CC2CCC2)C1=O. The summed E-state index contributed by atoms with van der Waals surface area (Å²) in [7, 11) is 0. The molecule has 0 bridgehead atoms. The summed E-state index contributed by atoms with van der Waals surface area (Å²) in [5.41, 5.74) is 0. The fourth-order valence-corrected chi connectivity index (χ4v) is 2.34. The lowest BCUT2D eigenvalue weighted by Gasteiger charge is -2.32. The molecule has 1 saturated heterocycles. The van der Waals surface area contributed by atoms with Crippen molar-refractivity contribution in [3.63, 3.8) is 0 Å². The molecule has 1 aliphatic heterocycles. The van der Waals surface area contributed by atoms with Crippen molar-refractivity contribution in [3.05, 3.63) is 0 Å². The summed E-state index contributed by atoms with van der Waals surface area (Å²) in [5, 5.41) is 2.79. The molecule has 2 amide bonds. The number of amides is 2. The third-order valence-corrected chi connectivity index (χ3v) is 3.67. The molecule has 2 aliphatic rings. The monoisotopic (exact) mass is 224 g/mol. The Labute approximate surface area is 96.4 Å². The van der Waals surface area contributed by atoms with Gasteiger partial charge in [0.05, 0.1) is 0 Å². The van der Waals surface area contributed by atoms with E-state index in [0.29, 0.717) is 25.3 Å². The molecule has 90 valence electrons. The van der Waals surface area contributed by atoms with Crippen LogP contribution in [0.2, 0.25) is 0 Å². The van der Waals surface area contributed by atoms with E-state index >= 15 is 0 Å². The number of nitrogens with one attached hydrogen (secondary N) is 1. The maximum atomic E-state index is 12.1. The first-order valence-corrected chi connectivity index (χ1v) is 6.29. The molecule has 0 aromatic rings. The van der Waals surface area contributed by atoms with Gasteiger partial charge in [-0.3, -0.25) is 9.59 Å². The number of hydrogen-bond donors (Lipinski definition) is 1. The van der Waals surface area contributed by atoms with E-state index in [4.69, 9.17) is 0 Å². The first-order valence-electron chi connectivity index (χ1n) is 6.29.